The lowest BCUT2D eigenvalue weighted by Gasteiger charge is -2.23. The minimum atomic E-state index is -0.483. The number of rotatable bonds is 0. The predicted molar refractivity (Wildman–Crippen MR) is 64.7 cm³/mol. The van der Waals surface area contributed by atoms with Gasteiger partial charge >= 0.3 is 6.09 Å². The Labute approximate surface area is 106 Å². The van der Waals surface area contributed by atoms with Gasteiger partial charge in [0.1, 0.15) is 5.60 Å². The Morgan fingerprint density at radius 1 is 1.47 bits per heavy atom. The first-order valence-electron chi connectivity index (χ1n) is 5.47. The monoisotopic (exact) mass is 254 g/mol. The van der Waals surface area contributed by atoms with Gasteiger partial charge in [0, 0.05) is 16.8 Å². The van der Waals surface area contributed by atoms with Crippen molar-refractivity contribution in [1.29, 1.82) is 0 Å². The van der Waals surface area contributed by atoms with Gasteiger partial charge in [-0.05, 0) is 26.8 Å². The van der Waals surface area contributed by atoms with Crippen LogP contribution in [0.25, 0.3) is 0 Å². The van der Waals surface area contributed by atoms with Crippen LogP contribution >= 0.6 is 11.6 Å². The van der Waals surface area contributed by atoms with E-state index in [0.717, 1.165) is 11.3 Å². The van der Waals surface area contributed by atoms with E-state index in [-0.39, 0.29) is 6.09 Å². The molecule has 2 heterocycles. The van der Waals surface area contributed by atoms with Crippen molar-refractivity contribution in [2.45, 2.75) is 39.5 Å². The highest BCUT2D eigenvalue weighted by Gasteiger charge is 2.29. The Morgan fingerprint density at radius 2 is 2.18 bits per heavy atom. The molecule has 0 unspecified atom stereocenters. The number of aromatic nitrogens is 1. The first kappa shape index (κ1) is 12.2. The van der Waals surface area contributed by atoms with Crippen molar-refractivity contribution in [3.05, 3.63) is 28.5 Å². The van der Waals surface area contributed by atoms with Crippen molar-refractivity contribution < 1.29 is 9.53 Å². The molecule has 0 aromatic carbocycles. The lowest BCUT2D eigenvalue weighted by molar-refractivity contribution is 0.0241. The van der Waals surface area contributed by atoms with E-state index in [0.29, 0.717) is 18.1 Å². The number of hydrogen-bond donors (Lipinski definition) is 0. The zero-order chi connectivity index (χ0) is 12.6. The van der Waals surface area contributed by atoms with Gasteiger partial charge < -0.3 is 4.74 Å². The minimum Gasteiger partial charge on any atom is -0.444 e. The maximum absolute atomic E-state index is 11.9. The number of pyridine rings is 1. The summed E-state index contributed by atoms with van der Waals surface area (Å²) >= 11 is 6.05. The van der Waals surface area contributed by atoms with Crippen LogP contribution in [0.2, 0.25) is 5.02 Å². The maximum Gasteiger partial charge on any atom is 0.410 e. The summed E-state index contributed by atoms with van der Waals surface area (Å²) in [4.78, 5) is 17.7. The van der Waals surface area contributed by atoms with Crippen LogP contribution < -0.4 is 0 Å². The first-order valence-corrected chi connectivity index (χ1v) is 5.85. The van der Waals surface area contributed by atoms with E-state index in [4.69, 9.17) is 16.3 Å². The van der Waals surface area contributed by atoms with E-state index < -0.39 is 5.60 Å². The second-order valence-electron chi connectivity index (χ2n) is 5.05. The summed E-state index contributed by atoms with van der Waals surface area (Å²) < 4.78 is 5.31. The van der Waals surface area contributed by atoms with Gasteiger partial charge in [0.05, 0.1) is 18.8 Å². The molecular weight excluding hydrogens is 240 g/mol. The Hall–Kier alpha value is -1.29. The van der Waals surface area contributed by atoms with Gasteiger partial charge in [-0.1, -0.05) is 11.6 Å². The zero-order valence-corrected chi connectivity index (χ0v) is 10.9. The molecule has 0 N–H and O–H groups in total. The van der Waals surface area contributed by atoms with Gasteiger partial charge in [-0.2, -0.15) is 0 Å². The van der Waals surface area contributed by atoms with Gasteiger partial charge in [0.2, 0.25) is 0 Å². The lowest BCUT2D eigenvalue weighted by atomic mass is 10.2. The van der Waals surface area contributed by atoms with Crippen LogP contribution in [0, 0.1) is 0 Å². The molecule has 0 spiro atoms. The van der Waals surface area contributed by atoms with Gasteiger partial charge in [0.25, 0.3) is 0 Å². The number of halogens is 1. The van der Waals surface area contributed by atoms with Crippen LogP contribution in [-0.2, 0) is 17.8 Å². The molecule has 1 aliphatic heterocycles. The van der Waals surface area contributed by atoms with E-state index in [1.807, 2.05) is 20.8 Å². The molecule has 1 aliphatic rings. The van der Waals surface area contributed by atoms with Crippen molar-refractivity contribution in [3.63, 3.8) is 0 Å². The number of nitrogens with zero attached hydrogens (tertiary/aromatic N) is 2. The van der Waals surface area contributed by atoms with E-state index in [2.05, 4.69) is 4.98 Å². The van der Waals surface area contributed by atoms with Crippen LogP contribution in [0.4, 0.5) is 4.79 Å². The standard InChI is InChI=1S/C12H15ClN2O2/c1-12(2,3)17-11(16)15-6-8-9(13)4-5-14-10(8)7-15/h4-5H,6-7H2,1-3H3. The van der Waals surface area contributed by atoms with Crippen LogP contribution in [0.5, 0.6) is 0 Å². The lowest BCUT2D eigenvalue weighted by Crippen LogP contribution is -2.33. The van der Waals surface area contributed by atoms with Gasteiger partial charge in [0.15, 0.2) is 0 Å². The Bertz CT molecular complexity index is 454. The molecule has 0 saturated carbocycles. The fourth-order valence-corrected chi connectivity index (χ4v) is 1.92. The highest BCUT2D eigenvalue weighted by atomic mass is 35.5. The van der Waals surface area contributed by atoms with Crippen LogP contribution in [0.3, 0.4) is 0 Å². The molecule has 0 atom stereocenters. The van der Waals surface area contributed by atoms with Crippen LogP contribution in [-0.4, -0.2) is 21.6 Å². The number of carbonyl (C=O) groups is 1. The number of amides is 1. The average molecular weight is 255 g/mol. The summed E-state index contributed by atoms with van der Waals surface area (Å²) in [6, 6.07) is 1.74. The molecule has 0 aliphatic carbocycles. The van der Waals surface area contributed by atoms with Gasteiger partial charge in [-0.3, -0.25) is 9.88 Å². The Balaban J connectivity index is 2.10. The van der Waals surface area contributed by atoms with Crippen molar-refractivity contribution >= 4 is 17.7 Å². The minimum absolute atomic E-state index is 0.327. The van der Waals surface area contributed by atoms with Crippen molar-refractivity contribution in [1.82, 2.24) is 9.88 Å². The second kappa shape index (κ2) is 4.18. The number of hydrogen-bond acceptors (Lipinski definition) is 3. The highest BCUT2D eigenvalue weighted by molar-refractivity contribution is 6.31. The third kappa shape index (κ3) is 2.69. The molecule has 0 bridgehead atoms. The smallest absolute Gasteiger partial charge is 0.410 e. The van der Waals surface area contributed by atoms with Crippen molar-refractivity contribution in [3.8, 4) is 0 Å². The van der Waals surface area contributed by atoms with E-state index in [1.165, 1.54) is 0 Å². The van der Waals surface area contributed by atoms with Gasteiger partial charge in [-0.15, -0.1) is 0 Å². The molecule has 92 valence electrons. The topological polar surface area (TPSA) is 42.4 Å². The summed E-state index contributed by atoms with van der Waals surface area (Å²) in [5, 5.41) is 0.654. The molecule has 17 heavy (non-hydrogen) atoms. The first-order chi connectivity index (χ1) is 7.87. The fraction of sp³-hybridized carbons (Fsp3) is 0.500. The quantitative estimate of drug-likeness (QED) is 0.715. The summed E-state index contributed by atoms with van der Waals surface area (Å²) in [6.45, 7) is 6.47. The molecule has 1 amide bonds. The summed E-state index contributed by atoms with van der Waals surface area (Å²) in [5.74, 6) is 0. The predicted octanol–water partition coefficient (Wildman–Crippen LogP) is 2.99. The van der Waals surface area contributed by atoms with Gasteiger partial charge in [-0.25, -0.2) is 4.79 Å². The Morgan fingerprint density at radius 3 is 2.76 bits per heavy atom. The molecule has 0 saturated heterocycles. The SMILES string of the molecule is CC(C)(C)OC(=O)N1Cc2nccc(Cl)c2C1. The molecule has 2 rings (SSSR count). The molecule has 0 radical (unpaired) electrons. The van der Waals surface area contributed by atoms with Crippen molar-refractivity contribution in [2.24, 2.45) is 0 Å². The molecule has 1 aromatic rings. The number of ether oxygens (including phenoxy) is 1. The number of fused-ring (bicyclic) bond motifs is 1. The van der Waals surface area contributed by atoms with E-state index >= 15 is 0 Å². The normalized spacial score (nSPS) is 14.7. The summed E-state index contributed by atoms with van der Waals surface area (Å²) in [6.07, 6.45) is 1.33. The largest absolute Gasteiger partial charge is 0.444 e. The molecule has 4 nitrogen and oxygen atoms in total. The summed E-state index contributed by atoms with van der Waals surface area (Å²) in [7, 11) is 0. The highest BCUT2D eigenvalue weighted by Crippen LogP contribution is 2.28. The summed E-state index contributed by atoms with van der Waals surface area (Å²) in [5.41, 5.74) is 1.28. The van der Waals surface area contributed by atoms with Crippen molar-refractivity contribution in [2.75, 3.05) is 0 Å². The molecule has 5 heteroatoms. The third-order valence-corrected chi connectivity index (χ3v) is 2.78. The Kier molecular flexibility index (Phi) is 3.00. The molecule has 0 fully saturated rings. The maximum atomic E-state index is 11.9. The second-order valence-corrected chi connectivity index (χ2v) is 5.46. The zero-order valence-electron chi connectivity index (χ0n) is 10.2. The van der Waals surface area contributed by atoms with Crippen LogP contribution in [0.1, 0.15) is 32.0 Å². The molecule has 1 aromatic heterocycles. The number of carbonyl (C=O) groups excluding carboxylic acids is 1. The third-order valence-electron chi connectivity index (χ3n) is 2.43. The van der Waals surface area contributed by atoms with Crippen LogP contribution in [0.15, 0.2) is 12.3 Å². The molecular formula is C12H15ClN2O2. The van der Waals surface area contributed by atoms with E-state index in [9.17, 15) is 4.79 Å². The fourth-order valence-electron chi connectivity index (χ4n) is 1.70. The average Bonchev–Trinajstić information content (AvgIpc) is 2.60. The van der Waals surface area contributed by atoms with E-state index in [1.54, 1.807) is 17.2 Å².